The maximum Gasteiger partial charge on any atom is 0.152 e. The van der Waals surface area contributed by atoms with Crippen LogP contribution in [0.25, 0.3) is 0 Å². The molecule has 2 rings (SSSR count). The summed E-state index contributed by atoms with van der Waals surface area (Å²) in [6.45, 7) is 9.32. The number of hydrogen-bond donors (Lipinski definition) is 1. The number of quaternary nitrogens is 1. The summed E-state index contributed by atoms with van der Waals surface area (Å²) in [5.41, 5.74) is 0. The normalized spacial score (nSPS) is 56.5. The summed E-state index contributed by atoms with van der Waals surface area (Å²) in [6.07, 6.45) is 0.00694. The fraction of sp³-hybridized carbons (Fsp3) is 1.00. The second kappa shape index (κ2) is 2.20. The Bertz CT molecular complexity index is 151. The van der Waals surface area contributed by atoms with Crippen LogP contribution in [0.4, 0.5) is 0 Å². The lowest BCUT2D eigenvalue weighted by molar-refractivity contribution is -0.964. The van der Waals surface area contributed by atoms with Crippen molar-refractivity contribution in [3.63, 3.8) is 0 Å². The number of nitrogens with zero attached hydrogens (tertiary/aromatic N) is 1. The maximum absolute atomic E-state index is 9.23. The second-order valence-corrected chi connectivity index (χ2v) is 4.68. The van der Waals surface area contributed by atoms with Crippen molar-refractivity contribution in [1.82, 2.24) is 0 Å². The lowest BCUT2D eigenvalue weighted by Gasteiger charge is -2.45. The van der Waals surface area contributed by atoms with Crippen molar-refractivity contribution in [2.75, 3.05) is 26.2 Å². The van der Waals surface area contributed by atoms with Gasteiger partial charge in [0.15, 0.2) is 6.10 Å². The van der Waals surface area contributed by atoms with Gasteiger partial charge in [-0.25, -0.2) is 0 Å². The summed E-state index contributed by atoms with van der Waals surface area (Å²) in [4.78, 5) is 0. The molecule has 0 bridgehead atoms. The average molecular weight is 156 g/mol. The van der Waals surface area contributed by atoms with E-state index in [9.17, 15) is 5.11 Å². The summed E-state index contributed by atoms with van der Waals surface area (Å²) >= 11 is 0. The summed E-state index contributed by atoms with van der Waals surface area (Å²) in [5.74, 6) is 1.73. The van der Waals surface area contributed by atoms with Crippen LogP contribution in [0.3, 0.4) is 0 Å². The molecule has 2 atom stereocenters. The highest BCUT2D eigenvalue weighted by atomic mass is 16.3. The van der Waals surface area contributed by atoms with E-state index in [1.165, 1.54) is 17.6 Å². The van der Waals surface area contributed by atoms with Gasteiger partial charge in [-0.05, 0) is 0 Å². The molecular weight excluding hydrogens is 138 g/mol. The molecule has 2 saturated heterocycles. The van der Waals surface area contributed by atoms with Gasteiger partial charge in [-0.1, -0.05) is 13.8 Å². The van der Waals surface area contributed by atoms with E-state index in [1.54, 1.807) is 0 Å². The minimum absolute atomic E-state index is 0.00694. The molecule has 2 unspecified atom stereocenters. The molecule has 11 heavy (non-hydrogen) atoms. The van der Waals surface area contributed by atoms with Crippen LogP contribution in [-0.4, -0.2) is 41.9 Å². The van der Waals surface area contributed by atoms with Crippen molar-refractivity contribution in [3.8, 4) is 0 Å². The zero-order chi connectivity index (χ0) is 8.06. The van der Waals surface area contributed by atoms with Crippen LogP contribution in [0.5, 0.6) is 0 Å². The highest BCUT2D eigenvalue weighted by Crippen LogP contribution is 2.34. The molecule has 2 heterocycles. The van der Waals surface area contributed by atoms with Gasteiger partial charge in [0.2, 0.25) is 0 Å². The van der Waals surface area contributed by atoms with E-state index in [4.69, 9.17) is 0 Å². The Hall–Kier alpha value is -0.0800. The van der Waals surface area contributed by atoms with E-state index in [0.29, 0.717) is 0 Å². The standard InChI is InChI=1S/C9H18NO/c1-7-3-10(4-8(7)2)5-9(11)6-10/h7-9,11H,3-6H2,1-2H3/q+1. The maximum atomic E-state index is 9.23. The van der Waals surface area contributed by atoms with Gasteiger partial charge in [-0.15, -0.1) is 0 Å². The molecule has 0 saturated carbocycles. The molecule has 1 N–H and O–H groups in total. The van der Waals surface area contributed by atoms with Gasteiger partial charge in [0, 0.05) is 11.8 Å². The third-order valence-electron chi connectivity index (χ3n) is 3.52. The van der Waals surface area contributed by atoms with Crippen LogP contribution in [0.1, 0.15) is 13.8 Å². The number of hydrogen-bond acceptors (Lipinski definition) is 1. The molecule has 0 aromatic rings. The molecular formula is C9H18NO+. The van der Waals surface area contributed by atoms with Crippen molar-refractivity contribution >= 4 is 0 Å². The van der Waals surface area contributed by atoms with Crippen molar-refractivity contribution < 1.29 is 9.59 Å². The predicted octanol–water partition coefficient (Wildman–Crippen LogP) is 0.463. The first kappa shape index (κ1) is 7.56. The Morgan fingerprint density at radius 3 is 1.82 bits per heavy atom. The summed E-state index contributed by atoms with van der Waals surface area (Å²) in [7, 11) is 0. The van der Waals surface area contributed by atoms with Crippen molar-refractivity contribution in [3.05, 3.63) is 0 Å². The largest absolute Gasteiger partial charge is 0.382 e. The Labute approximate surface area is 68.4 Å². The Morgan fingerprint density at radius 2 is 1.45 bits per heavy atom. The molecule has 2 heteroatoms. The Kier molecular flexibility index (Phi) is 1.52. The first-order chi connectivity index (χ1) is 5.11. The van der Waals surface area contributed by atoms with E-state index >= 15 is 0 Å². The van der Waals surface area contributed by atoms with Crippen molar-refractivity contribution in [1.29, 1.82) is 0 Å². The molecule has 0 radical (unpaired) electrons. The van der Waals surface area contributed by atoms with Crippen molar-refractivity contribution in [2.45, 2.75) is 20.0 Å². The van der Waals surface area contributed by atoms with Gasteiger partial charge in [-0.2, -0.15) is 0 Å². The molecule has 64 valence electrons. The van der Waals surface area contributed by atoms with Crippen LogP contribution in [0.15, 0.2) is 0 Å². The van der Waals surface area contributed by atoms with Gasteiger partial charge in [0.1, 0.15) is 13.1 Å². The fourth-order valence-electron chi connectivity index (χ4n) is 2.80. The third kappa shape index (κ3) is 1.09. The second-order valence-electron chi connectivity index (χ2n) is 4.68. The molecule has 2 aliphatic heterocycles. The number of aliphatic hydroxyl groups excluding tert-OH is 1. The van der Waals surface area contributed by atoms with Crippen LogP contribution in [0, 0.1) is 11.8 Å². The van der Waals surface area contributed by atoms with Crippen LogP contribution in [-0.2, 0) is 0 Å². The van der Waals surface area contributed by atoms with Crippen LogP contribution in [0.2, 0.25) is 0 Å². The minimum Gasteiger partial charge on any atom is -0.382 e. The smallest absolute Gasteiger partial charge is 0.152 e. The lowest BCUT2D eigenvalue weighted by Crippen LogP contribution is -2.65. The van der Waals surface area contributed by atoms with Gasteiger partial charge >= 0.3 is 0 Å². The van der Waals surface area contributed by atoms with E-state index in [-0.39, 0.29) is 6.10 Å². The summed E-state index contributed by atoms with van der Waals surface area (Å²) < 4.78 is 1.21. The van der Waals surface area contributed by atoms with Gasteiger partial charge < -0.3 is 9.59 Å². The summed E-state index contributed by atoms with van der Waals surface area (Å²) in [5, 5.41) is 9.23. The number of aliphatic hydroxyl groups is 1. The lowest BCUT2D eigenvalue weighted by atomic mass is 10.0. The van der Waals surface area contributed by atoms with E-state index in [2.05, 4.69) is 13.8 Å². The van der Waals surface area contributed by atoms with E-state index < -0.39 is 0 Å². The van der Waals surface area contributed by atoms with Gasteiger partial charge in [0.25, 0.3) is 0 Å². The topological polar surface area (TPSA) is 20.2 Å². The van der Waals surface area contributed by atoms with Gasteiger partial charge in [-0.3, -0.25) is 0 Å². The van der Waals surface area contributed by atoms with Crippen LogP contribution >= 0.6 is 0 Å². The Balaban J connectivity index is 1.99. The first-order valence-corrected chi connectivity index (χ1v) is 4.64. The Morgan fingerprint density at radius 1 is 1.00 bits per heavy atom. The van der Waals surface area contributed by atoms with E-state index in [0.717, 1.165) is 24.9 Å². The number of rotatable bonds is 0. The molecule has 2 nitrogen and oxygen atoms in total. The predicted molar refractivity (Wildman–Crippen MR) is 44.1 cm³/mol. The van der Waals surface area contributed by atoms with E-state index in [1.807, 2.05) is 0 Å². The molecule has 2 fully saturated rings. The van der Waals surface area contributed by atoms with Crippen LogP contribution < -0.4 is 0 Å². The molecule has 1 spiro atoms. The highest BCUT2D eigenvalue weighted by Gasteiger charge is 2.49. The monoisotopic (exact) mass is 156 g/mol. The van der Waals surface area contributed by atoms with Gasteiger partial charge in [0.05, 0.1) is 13.1 Å². The zero-order valence-corrected chi connectivity index (χ0v) is 7.45. The zero-order valence-electron chi connectivity index (χ0n) is 7.45. The SMILES string of the molecule is CC1C[N+]2(CC(O)C2)CC1C. The highest BCUT2D eigenvalue weighted by molar-refractivity contribution is 4.77. The fourth-order valence-corrected chi connectivity index (χ4v) is 2.80. The minimum atomic E-state index is 0.00694. The summed E-state index contributed by atoms with van der Waals surface area (Å²) in [6, 6.07) is 0. The average Bonchev–Trinajstić information content (AvgIpc) is 2.07. The third-order valence-corrected chi connectivity index (χ3v) is 3.52. The molecule has 0 aliphatic carbocycles. The molecule has 2 aliphatic rings. The quantitative estimate of drug-likeness (QED) is 0.505. The van der Waals surface area contributed by atoms with Crippen molar-refractivity contribution in [2.24, 2.45) is 11.8 Å². The molecule has 0 amide bonds. The molecule has 0 aromatic heterocycles. The molecule has 0 aromatic carbocycles. The first-order valence-electron chi connectivity index (χ1n) is 4.64.